The predicted molar refractivity (Wildman–Crippen MR) is 248 cm³/mol. The van der Waals surface area contributed by atoms with Gasteiger partial charge in [-0.15, -0.1) is 0 Å². The third-order valence-electron chi connectivity index (χ3n) is 9.46. The van der Waals surface area contributed by atoms with E-state index in [9.17, 15) is 47.9 Å². The van der Waals surface area contributed by atoms with Gasteiger partial charge in [-0.25, -0.2) is 9.59 Å². The van der Waals surface area contributed by atoms with Crippen LogP contribution >= 0.6 is 0 Å². The SMILES string of the molecule is CC(=O)Oc1cc(OC(C)=O)c2c(c1)O[C@H](c1cc(OC(C)=O)c(OC(C)=O)c(OC(C)=O)c1)[C@H](OC(=O)c1cc(OC(C)=O)c(OCC(=O)N[C@@H](Cc3ccccc3)C(=O)OC(C)(C)C)c(OC(C)=O)c1)C2. The lowest BCUT2D eigenvalue weighted by Gasteiger charge is -2.34. The Hall–Kier alpha value is -8.82. The molecule has 1 aliphatic rings. The Labute approximate surface area is 417 Å². The number of fused-ring (bicyclic) bond motifs is 1. The summed E-state index contributed by atoms with van der Waals surface area (Å²) >= 11 is 0. The Morgan fingerprint density at radius 1 is 0.603 bits per heavy atom. The van der Waals surface area contributed by atoms with Crippen molar-refractivity contribution < 1.29 is 100 Å². The van der Waals surface area contributed by atoms with E-state index in [1.807, 2.05) is 0 Å². The van der Waals surface area contributed by atoms with Crippen LogP contribution in [-0.4, -0.2) is 84.0 Å². The maximum Gasteiger partial charge on any atom is 0.338 e. The van der Waals surface area contributed by atoms with Gasteiger partial charge < -0.3 is 57.4 Å². The van der Waals surface area contributed by atoms with E-state index in [4.69, 9.17) is 52.1 Å². The van der Waals surface area contributed by atoms with Crippen molar-refractivity contribution in [3.63, 3.8) is 0 Å². The van der Waals surface area contributed by atoms with Crippen molar-refractivity contribution in [3.8, 4) is 51.7 Å². The Morgan fingerprint density at radius 2 is 1.10 bits per heavy atom. The molecule has 5 rings (SSSR count). The van der Waals surface area contributed by atoms with Gasteiger partial charge in [-0.2, -0.15) is 0 Å². The van der Waals surface area contributed by atoms with E-state index < -0.39 is 130 Å². The first-order chi connectivity index (χ1) is 34.2. The summed E-state index contributed by atoms with van der Waals surface area (Å²) in [4.78, 5) is 128. The molecule has 386 valence electrons. The lowest BCUT2D eigenvalue weighted by Crippen LogP contribution is -2.47. The van der Waals surface area contributed by atoms with Gasteiger partial charge in [0.15, 0.2) is 35.7 Å². The molecule has 0 spiro atoms. The summed E-state index contributed by atoms with van der Waals surface area (Å²) in [5, 5.41) is 2.58. The molecule has 0 bridgehead atoms. The highest BCUT2D eigenvalue weighted by atomic mass is 16.6. The van der Waals surface area contributed by atoms with Gasteiger partial charge in [-0.05, 0) is 50.6 Å². The number of rotatable bonds is 17. The van der Waals surface area contributed by atoms with Gasteiger partial charge in [0.25, 0.3) is 5.91 Å². The number of amides is 1. The number of hydrogen-bond donors (Lipinski definition) is 1. The highest BCUT2D eigenvalue weighted by Gasteiger charge is 2.39. The second kappa shape index (κ2) is 23.9. The monoisotopic (exact) mass is 1010 g/mol. The Kier molecular flexibility index (Phi) is 18.0. The van der Waals surface area contributed by atoms with E-state index in [-0.39, 0.29) is 41.2 Å². The number of benzene rings is 4. The molecule has 0 saturated carbocycles. The van der Waals surface area contributed by atoms with Crippen LogP contribution in [0.2, 0.25) is 0 Å². The average Bonchev–Trinajstić information content (AvgIpc) is 3.25. The van der Waals surface area contributed by atoms with Gasteiger partial charge in [0.1, 0.15) is 35.0 Å². The number of nitrogens with one attached hydrogen (secondary N) is 1. The smallest absolute Gasteiger partial charge is 0.338 e. The van der Waals surface area contributed by atoms with Crippen molar-refractivity contribution in [1.82, 2.24) is 5.32 Å². The van der Waals surface area contributed by atoms with Crippen LogP contribution in [0.5, 0.6) is 51.7 Å². The minimum absolute atomic E-state index is 0.0366. The van der Waals surface area contributed by atoms with E-state index in [0.29, 0.717) is 5.56 Å². The molecule has 0 unspecified atom stereocenters. The first-order valence-corrected chi connectivity index (χ1v) is 22.1. The molecular weight excluding hydrogens is 963 g/mol. The molecular formula is C51H51NO21. The molecule has 22 heteroatoms. The Morgan fingerprint density at radius 3 is 1.59 bits per heavy atom. The molecule has 73 heavy (non-hydrogen) atoms. The van der Waals surface area contributed by atoms with E-state index >= 15 is 0 Å². The van der Waals surface area contributed by atoms with Crippen molar-refractivity contribution in [3.05, 3.63) is 89.0 Å². The second-order valence-electron chi connectivity index (χ2n) is 17.0. The number of carbonyl (C=O) groups excluding carboxylic acids is 10. The van der Waals surface area contributed by atoms with E-state index in [1.165, 1.54) is 24.3 Å². The molecule has 0 aliphatic carbocycles. The molecule has 22 nitrogen and oxygen atoms in total. The van der Waals surface area contributed by atoms with Crippen LogP contribution in [0.15, 0.2) is 66.7 Å². The molecule has 1 amide bonds. The largest absolute Gasteiger partial charge is 0.481 e. The van der Waals surface area contributed by atoms with Crippen molar-refractivity contribution in [2.45, 2.75) is 106 Å². The Bertz CT molecular complexity index is 2770. The zero-order valence-electron chi connectivity index (χ0n) is 41.3. The van der Waals surface area contributed by atoms with Crippen LogP contribution in [0.1, 0.15) is 102 Å². The Balaban J connectivity index is 1.60. The zero-order valence-corrected chi connectivity index (χ0v) is 41.3. The first kappa shape index (κ1) is 55.1. The summed E-state index contributed by atoms with van der Waals surface area (Å²) in [7, 11) is 0. The zero-order chi connectivity index (χ0) is 53.9. The van der Waals surface area contributed by atoms with Gasteiger partial charge in [-0.3, -0.25) is 38.4 Å². The highest BCUT2D eigenvalue weighted by Crippen LogP contribution is 2.48. The van der Waals surface area contributed by atoms with Gasteiger partial charge >= 0.3 is 53.7 Å². The van der Waals surface area contributed by atoms with E-state index in [2.05, 4.69) is 5.32 Å². The lowest BCUT2D eigenvalue weighted by atomic mass is 9.93. The molecule has 1 heterocycles. The van der Waals surface area contributed by atoms with Crippen molar-refractivity contribution in [1.29, 1.82) is 0 Å². The summed E-state index contributed by atoms with van der Waals surface area (Å²) in [6.07, 6.45) is -3.33. The van der Waals surface area contributed by atoms with Crippen molar-refractivity contribution >= 4 is 59.6 Å². The topological polar surface area (TPSA) is 284 Å². The fourth-order valence-corrected chi connectivity index (χ4v) is 7.04. The van der Waals surface area contributed by atoms with E-state index in [0.717, 1.165) is 60.6 Å². The molecule has 0 fully saturated rings. The van der Waals surface area contributed by atoms with Gasteiger partial charge in [0, 0.05) is 84.6 Å². The number of hydrogen-bond acceptors (Lipinski definition) is 21. The number of ether oxygens (including phenoxy) is 11. The highest BCUT2D eigenvalue weighted by molar-refractivity contribution is 5.92. The third kappa shape index (κ3) is 16.1. The second-order valence-corrected chi connectivity index (χ2v) is 17.0. The quantitative estimate of drug-likeness (QED) is 0.101. The first-order valence-electron chi connectivity index (χ1n) is 22.1. The molecule has 4 aromatic carbocycles. The van der Waals surface area contributed by atoms with E-state index in [1.54, 1.807) is 51.1 Å². The van der Waals surface area contributed by atoms with Gasteiger partial charge in [0.2, 0.25) is 11.5 Å². The lowest BCUT2D eigenvalue weighted by molar-refractivity contribution is -0.158. The van der Waals surface area contributed by atoms with Crippen LogP contribution in [0, 0.1) is 0 Å². The minimum atomic E-state index is -1.51. The normalized spacial score (nSPS) is 14.0. The van der Waals surface area contributed by atoms with Crippen LogP contribution in [-0.2, 0) is 65.5 Å². The summed E-state index contributed by atoms with van der Waals surface area (Å²) in [6, 6.07) is 14.4. The standard InChI is InChI=1S/C51H51NO21/c1-25(53)64-35-21-38(65-26(2)54)36-23-44(46(71-39(36)22-35)33-17-42(68-29(5)57)48(70-31(7)59)43(18-33)69-30(6)58)72-49(61)34-19-40(66-27(3)55)47(41(20-34)67-28(4)56)63-24-45(60)52-37(50(62)73-51(8,9)10)16-32-14-12-11-13-15-32/h11-15,17-22,37,44,46H,16,23-24H2,1-10H3,(H,52,60)/t37-,44+,46+/m0/s1. The van der Waals surface area contributed by atoms with Crippen molar-refractivity contribution in [2.75, 3.05) is 6.61 Å². The molecule has 0 radical (unpaired) electrons. The maximum absolute atomic E-state index is 14.5. The molecule has 0 saturated heterocycles. The molecule has 3 atom stereocenters. The van der Waals surface area contributed by atoms with Crippen LogP contribution in [0.25, 0.3) is 0 Å². The average molecular weight is 1010 g/mol. The van der Waals surface area contributed by atoms with Gasteiger partial charge in [0.05, 0.1) is 5.56 Å². The van der Waals surface area contributed by atoms with Gasteiger partial charge in [-0.1, -0.05) is 30.3 Å². The summed E-state index contributed by atoms with van der Waals surface area (Å²) in [6.45, 7) is 11.5. The van der Waals surface area contributed by atoms with Crippen LogP contribution in [0.4, 0.5) is 0 Å². The van der Waals surface area contributed by atoms with Crippen LogP contribution < -0.4 is 47.9 Å². The fraction of sp³-hybridized carbons (Fsp3) is 0.333. The summed E-state index contributed by atoms with van der Waals surface area (Å²) < 4.78 is 61.3. The molecule has 1 N–H and O–H groups in total. The number of esters is 9. The predicted octanol–water partition coefficient (Wildman–Crippen LogP) is 5.51. The van der Waals surface area contributed by atoms with Crippen molar-refractivity contribution in [2.24, 2.45) is 0 Å². The maximum atomic E-state index is 14.5. The molecule has 0 aromatic heterocycles. The summed E-state index contributed by atoms with van der Waals surface area (Å²) in [5.74, 6) is -12.3. The number of carbonyl (C=O) groups is 10. The molecule has 4 aromatic rings. The minimum Gasteiger partial charge on any atom is -0.481 e. The summed E-state index contributed by atoms with van der Waals surface area (Å²) in [5.41, 5.74) is -0.592. The molecule has 1 aliphatic heterocycles. The third-order valence-corrected chi connectivity index (χ3v) is 9.46. The fourth-order valence-electron chi connectivity index (χ4n) is 7.04. The van der Waals surface area contributed by atoms with Crippen LogP contribution in [0.3, 0.4) is 0 Å².